The summed E-state index contributed by atoms with van der Waals surface area (Å²) in [6.07, 6.45) is 5.43. The monoisotopic (exact) mass is 315 g/mol. The highest BCUT2D eigenvalue weighted by Crippen LogP contribution is 2.42. The number of aryl methyl sites for hydroxylation is 1. The predicted octanol–water partition coefficient (Wildman–Crippen LogP) is 2.32. The maximum atomic E-state index is 5.49. The van der Waals surface area contributed by atoms with Crippen LogP contribution >= 0.6 is 0 Å². The van der Waals surface area contributed by atoms with E-state index in [-0.39, 0.29) is 6.79 Å². The minimum absolute atomic E-state index is 0.254. The molecule has 0 radical (unpaired) electrons. The molecule has 1 atom stereocenters. The second kappa shape index (κ2) is 5.77. The minimum atomic E-state index is 0.254. The Morgan fingerprint density at radius 3 is 3.17 bits per heavy atom. The fourth-order valence-corrected chi connectivity index (χ4v) is 3.45. The molecule has 2 heterocycles. The summed E-state index contributed by atoms with van der Waals surface area (Å²) < 4.78 is 18.3. The summed E-state index contributed by atoms with van der Waals surface area (Å²) >= 11 is 0. The molecule has 0 saturated carbocycles. The zero-order valence-electron chi connectivity index (χ0n) is 13.5. The van der Waals surface area contributed by atoms with Crippen LogP contribution in [0, 0.1) is 0 Å². The van der Waals surface area contributed by atoms with E-state index in [4.69, 9.17) is 14.2 Å². The standard InChI is InChI=1S/C17H21N3O3/c1-20-14-5-3-4-13(12(14)9-19-20)18-8-11-6-15(21-2)17-16(7-11)22-10-23-17/h6-7,9,13,18H,3-5,8,10H2,1-2H3/t13-/m0/s1. The predicted molar refractivity (Wildman–Crippen MR) is 84.8 cm³/mol. The molecular weight excluding hydrogens is 294 g/mol. The third kappa shape index (κ3) is 2.53. The lowest BCUT2D eigenvalue weighted by Gasteiger charge is -2.24. The van der Waals surface area contributed by atoms with Gasteiger partial charge in [-0.3, -0.25) is 4.68 Å². The van der Waals surface area contributed by atoms with Crippen LogP contribution in [0.25, 0.3) is 0 Å². The van der Waals surface area contributed by atoms with Gasteiger partial charge < -0.3 is 19.5 Å². The van der Waals surface area contributed by atoms with Gasteiger partial charge >= 0.3 is 0 Å². The van der Waals surface area contributed by atoms with Crippen molar-refractivity contribution in [2.45, 2.75) is 31.8 Å². The number of benzene rings is 1. The van der Waals surface area contributed by atoms with Crippen LogP contribution in [0.15, 0.2) is 18.3 Å². The Morgan fingerprint density at radius 1 is 1.39 bits per heavy atom. The van der Waals surface area contributed by atoms with E-state index in [1.54, 1.807) is 7.11 Å². The lowest BCUT2D eigenvalue weighted by atomic mass is 9.93. The van der Waals surface area contributed by atoms with Gasteiger partial charge in [-0.1, -0.05) is 0 Å². The molecule has 1 aromatic heterocycles. The Morgan fingerprint density at radius 2 is 2.30 bits per heavy atom. The molecule has 2 aromatic rings. The van der Waals surface area contributed by atoms with E-state index in [1.165, 1.54) is 17.7 Å². The molecule has 6 heteroatoms. The van der Waals surface area contributed by atoms with Gasteiger partial charge in [-0.05, 0) is 37.0 Å². The SMILES string of the molecule is COc1cc(CN[C@H]2CCCc3c2cnn3C)cc2c1OCO2. The van der Waals surface area contributed by atoms with Crippen molar-refractivity contribution in [3.05, 3.63) is 35.2 Å². The Labute approximate surface area is 135 Å². The molecule has 122 valence electrons. The largest absolute Gasteiger partial charge is 0.493 e. The first-order valence-corrected chi connectivity index (χ1v) is 7.97. The normalized spacial score (nSPS) is 18.8. The maximum absolute atomic E-state index is 5.49. The molecule has 0 saturated heterocycles. The number of methoxy groups -OCH3 is 1. The lowest BCUT2D eigenvalue weighted by molar-refractivity contribution is 0.171. The van der Waals surface area contributed by atoms with Crippen LogP contribution in [0.5, 0.6) is 17.2 Å². The molecule has 1 aliphatic carbocycles. The molecule has 1 N–H and O–H groups in total. The van der Waals surface area contributed by atoms with Gasteiger partial charge in [0.05, 0.1) is 13.3 Å². The van der Waals surface area contributed by atoms with Gasteiger partial charge in [0.2, 0.25) is 12.5 Å². The summed E-state index contributed by atoms with van der Waals surface area (Å²) in [5, 5.41) is 8.04. The number of hydrogen-bond acceptors (Lipinski definition) is 5. The number of nitrogens with one attached hydrogen (secondary N) is 1. The van der Waals surface area contributed by atoms with Gasteiger partial charge in [0, 0.05) is 30.9 Å². The molecule has 0 bridgehead atoms. The topological polar surface area (TPSA) is 57.5 Å². The Bertz CT molecular complexity index is 726. The van der Waals surface area contributed by atoms with Crippen LogP contribution in [-0.4, -0.2) is 23.7 Å². The highest BCUT2D eigenvalue weighted by atomic mass is 16.7. The van der Waals surface area contributed by atoms with Crippen LogP contribution in [0.4, 0.5) is 0 Å². The van der Waals surface area contributed by atoms with Crippen molar-refractivity contribution in [1.29, 1.82) is 0 Å². The second-order valence-electron chi connectivity index (χ2n) is 6.03. The molecule has 4 rings (SSSR count). The fraction of sp³-hybridized carbons (Fsp3) is 0.471. The third-order valence-electron chi connectivity index (χ3n) is 4.65. The summed E-state index contributed by atoms with van der Waals surface area (Å²) in [6, 6.07) is 4.38. The Kier molecular flexibility index (Phi) is 3.61. The van der Waals surface area contributed by atoms with Crippen molar-refractivity contribution >= 4 is 0 Å². The van der Waals surface area contributed by atoms with Crippen LogP contribution < -0.4 is 19.5 Å². The molecular formula is C17H21N3O3. The second-order valence-corrected chi connectivity index (χ2v) is 6.03. The average molecular weight is 315 g/mol. The Hall–Kier alpha value is -2.21. The number of hydrogen-bond donors (Lipinski definition) is 1. The lowest BCUT2D eigenvalue weighted by Crippen LogP contribution is -2.24. The van der Waals surface area contributed by atoms with Crippen molar-refractivity contribution in [2.24, 2.45) is 7.05 Å². The number of fused-ring (bicyclic) bond motifs is 2. The van der Waals surface area contributed by atoms with Gasteiger partial charge in [-0.25, -0.2) is 0 Å². The Balaban J connectivity index is 1.52. The molecule has 0 spiro atoms. The fourth-order valence-electron chi connectivity index (χ4n) is 3.45. The van der Waals surface area contributed by atoms with E-state index in [9.17, 15) is 0 Å². The number of aromatic nitrogens is 2. The van der Waals surface area contributed by atoms with Gasteiger partial charge in [-0.2, -0.15) is 5.10 Å². The van der Waals surface area contributed by atoms with E-state index in [0.29, 0.717) is 11.8 Å². The van der Waals surface area contributed by atoms with E-state index >= 15 is 0 Å². The van der Waals surface area contributed by atoms with Gasteiger partial charge in [0.15, 0.2) is 11.5 Å². The molecule has 1 aromatic carbocycles. The van der Waals surface area contributed by atoms with E-state index < -0.39 is 0 Å². The van der Waals surface area contributed by atoms with Crippen molar-refractivity contribution < 1.29 is 14.2 Å². The highest BCUT2D eigenvalue weighted by Gasteiger charge is 2.24. The van der Waals surface area contributed by atoms with Crippen LogP contribution in [-0.2, 0) is 20.0 Å². The van der Waals surface area contributed by atoms with Crippen LogP contribution in [0.1, 0.15) is 35.7 Å². The molecule has 6 nitrogen and oxygen atoms in total. The molecule has 2 aliphatic rings. The first-order chi connectivity index (χ1) is 11.3. The van der Waals surface area contributed by atoms with Crippen molar-refractivity contribution in [3.63, 3.8) is 0 Å². The first-order valence-electron chi connectivity index (χ1n) is 7.97. The van der Waals surface area contributed by atoms with Gasteiger partial charge in [-0.15, -0.1) is 0 Å². The molecule has 23 heavy (non-hydrogen) atoms. The average Bonchev–Trinajstić information content (AvgIpc) is 3.19. The molecule has 0 amide bonds. The third-order valence-corrected chi connectivity index (χ3v) is 4.65. The highest BCUT2D eigenvalue weighted by molar-refractivity contribution is 5.55. The maximum Gasteiger partial charge on any atom is 0.231 e. The van der Waals surface area contributed by atoms with Crippen LogP contribution in [0.2, 0.25) is 0 Å². The zero-order valence-corrected chi connectivity index (χ0v) is 13.5. The summed E-state index contributed by atoms with van der Waals surface area (Å²) in [5.41, 5.74) is 3.80. The van der Waals surface area contributed by atoms with Crippen LogP contribution in [0.3, 0.4) is 0 Å². The summed E-state index contributed by atoms with van der Waals surface area (Å²) in [5.74, 6) is 2.18. The van der Waals surface area contributed by atoms with Gasteiger partial charge in [0.1, 0.15) is 0 Å². The molecule has 0 fully saturated rings. The van der Waals surface area contributed by atoms with Crippen molar-refractivity contribution in [1.82, 2.24) is 15.1 Å². The minimum Gasteiger partial charge on any atom is -0.493 e. The first kappa shape index (κ1) is 14.4. The van der Waals surface area contributed by atoms with Crippen molar-refractivity contribution in [3.8, 4) is 17.2 Å². The van der Waals surface area contributed by atoms with E-state index in [0.717, 1.165) is 36.4 Å². The summed E-state index contributed by atoms with van der Waals surface area (Å²) in [6.45, 7) is 1.01. The van der Waals surface area contributed by atoms with E-state index in [1.807, 2.05) is 30.1 Å². The molecule has 0 unspecified atom stereocenters. The zero-order chi connectivity index (χ0) is 15.8. The summed E-state index contributed by atoms with van der Waals surface area (Å²) in [4.78, 5) is 0. The smallest absolute Gasteiger partial charge is 0.231 e. The van der Waals surface area contributed by atoms with Crippen molar-refractivity contribution in [2.75, 3.05) is 13.9 Å². The van der Waals surface area contributed by atoms with E-state index in [2.05, 4.69) is 10.4 Å². The summed E-state index contributed by atoms with van der Waals surface area (Å²) in [7, 11) is 3.67. The number of rotatable bonds is 4. The number of ether oxygens (including phenoxy) is 3. The quantitative estimate of drug-likeness (QED) is 0.938. The number of nitrogens with zero attached hydrogens (tertiary/aromatic N) is 2. The van der Waals surface area contributed by atoms with Gasteiger partial charge in [0.25, 0.3) is 0 Å². The molecule has 1 aliphatic heterocycles.